The first-order chi connectivity index (χ1) is 11.6. The molecule has 0 spiro atoms. The van der Waals surface area contributed by atoms with E-state index in [1.54, 1.807) is 0 Å². The van der Waals surface area contributed by atoms with Gasteiger partial charge in [0.15, 0.2) is 0 Å². The van der Waals surface area contributed by atoms with Gasteiger partial charge in [-0.15, -0.1) is 17.8 Å². The van der Waals surface area contributed by atoms with Crippen molar-refractivity contribution in [2.24, 2.45) is 0 Å². The number of epoxide rings is 1. The van der Waals surface area contributed by atoms with Crippen molar-refractivity contribution in [3.63, 3.8) is 0 Å². The Bertz CT molecular complexity index is 562. The van der Waals surface area contributed by atoms with Gasteiger partial charge in [-0.3, -0.25) is 4.79 Å². The summed E-state index contributed by atoms with van der Waals surface area (Å²) >= 11 is 0. The standard InChI is InChI=1S/C20H26O4/c1-2-3-4-5-6-7-8-11-14-17(21)20-18(24-20)15-12-9-10-13-16-19(22)23/h17-18,20-21H,2-5,8,10,13,15-16H2,1H3,(H,22,23)/t17-,18+,20+/m1/s1. The Morgan fingerprint density at radius 3 is 2.58 bits per heavy atom. The van der Waals surface area contributed by atoms with Crippen LogP contribution in [0, 0.1) is 35.5 Å². The molecule has 1 fully saturated rings. The molecule has 0 radical (unpaired) electrons. The number of unbranched alkanes of at least 4 members (excludes halogenated alkanes) is 4. The van der Waals surface area contributed by atoms with Gasteiger partial charge < -0.3 is 14.9 Å². The number of rotatable bonds is 8. The van der Waals surface area contributed by atoms with Gasteiger partial charge in [0.2, 0.25) is 0 Å². The lowest BCUT2D eigenvalue weighted by Crippen LogP contribution is -2.14. The number of carboxylic acids is 1. The van der Waals surface area contributed by atoms with Crippen LogP contribution in [0.1, 0.15) is 64.7 Å². The second-order valence-electron chi connectivity index (χ2n) is 5.70. The second kappa shape index (κ2) is 12.5. The Balaban J connectivity index is 2.12. The summed E-state index contributed by atoms with van der Waals surface area (Å²) in [4.78, 5) is 10.3. The predicted molar refractivity (Wildman–Crippen MR) is 92.9 cm³/mol. The first-order valence-corrected chi connectivity index (χ1v) is 8.60. The average molecular weight is 330 g/mol. The molecular formula is C20H26O4. The van der Waals surface area contributed by atoms with Crippen LogP contribution in [0.5, 0.6) is 0 Å². The van der Waals surface area contributed by atoms with Gasteiger partial charge in [-0.2, -0.15) is 0 Å². The number of carbonyl (C=O) groups is 1. The van der Waals surface area contributed by atoms with Crippen LogP contribution in [0.2, 0.25) is 0 Å². The van der Waals surface area contributed by atoms with Crippen LogP contribution in [0.15, 0.2) is 0 Å². The van der Waals surface area contributed by atoms with Gasteiger partial charge in [0.05, 0.1) is 12.5 Å². The molecule has 0 saturated carbocycles. The number of hydrogen-bond acceptors (Lipinski definition) is 3. The SMILES string of the molecule is CCCCCC#CCC#C[C@@H](O)[C@@H]1O[C@H]1CC#CCCCC(=O)O. The normalized spacial score (nSPS) is 18.9. The van der Waals surface area contributed by atoms with Gasteiger partial charge in [-0.05, 0) is 12.8 Å². The number of aliphatic carboxylic acids is 1. The summed E-state index contributed by atoms with van der Waals surface area (Å²) in [5, 5.41) is 18.4. The third-order valence-electron chi connectivity index (χ3n) is 3.51. The van der Waals surface area contributed by atoms with E-state index < -0.39 is 12.1 Å². The van der Waals surface area contributed by atoms with Crippen LogP contribution in [0.4, 0.5) is 0 Å². The number of aliphatic hydroxyl groups excluding tert-OH is 1. The number of aliphatic hydroxyl groups is 1. The molecule has 1 saturated heterocycles. The van der Waals surface area contributed by atoms with Gasteiger partial charge in [0.1, 0.15) is 12.2 Å². The lowest BCUT2D eigenvalue weighted by molar-refractivity contribution is -0.137. The van der Waals surface area contributed by atoms with Crippen molar-refractivity contribution in [2.75, 3.05) is 0 Å². The van der Waals surface area contributed by atoms with Crippen LogP contribution in [0.3, 0.4) is 0 Å². The Hall–Kier alpha value is -1.93. The van der Waals surface area contributed by atoms with Crippen molar-refractivity contribution >= 4 is 5.97 Å². The summed E-state index contributed by atoms with van der Waals surface area (Å²) in [6.45, 7) is 2.17. The van der Waals surface area contributed by atoms with Gasteiger partial charge >= 0.3 is 5.97 Å². The Labute approximate surface area is 145 Å². The van der Waals surface area contributed by atoms with E-state index in [2.05, 4.69) is 42.4 Å². The zero-order valence-electron chi connectivity index (χ0n) is 14.3. The maximum atomic E-state index is 10.3. The average Bonchev–Trinajstić information content (AvgIpc) is 3.32. The third kappa shape index (κ3) is 9.96. The largest absolute Gasteiger partial charge is 0.481 e. The zero-order chi connectivity index (χ0) is 17.6. The Kier molecular flexibility index (Phi) is 10.5. The van der Waals surface area contributed by atoms with Crippen molar-refractivity contribution in [2.45, 2.75) is 83.0 Å². The van der Waals surface area contributed by atoms with E-state index in [1.165, 1.54) is 12.8 Å². The monoisotopic (exact) mass is 330 g/mol. The van der Waals surface area contributed by atoms with Crippen LogP contribution in [-0.2, 0) is 9.53 Å². The molecule has 1 aliphatic rings. The highest BCUT2D eigenvalue weighted by atomic mass is 16.6. The summed E-state index contributed by atoms with van der Waals surface area (Å²) in [7, 11) is 0. The highest BCUT2D eigenvalue weighted by Gasteiger charge is 2.43. The quantitative estimate of drug-likeness (QED) is 0.408. The van der Waals surface area contributed by atoms with E-state index in [-0.39, 0.29) is 18.6 Å². The highest BCUT2D eigenvalue weighted by molar-refractivity contribution is 5.66. The summed E-state index contributed by atoms with van der Waals surface area (Å²) in [6, 6.07) is 0. The van der Waals surface area contributed by atoms with Crippen LogP contribution < -0.4 is 0 Å². The fourth-order valence-electron chi connectivity index (χ4n) is 2.08. The molecule has 0 aromatic carbocycles. The molecule has 4 heteroatoms. The van der Waals surface area contributed by atoms with Crippen molar-refractivity contribution in [1.29, 1.82) is 0 Å². The highest BCUT2D eigenvalue weighted by Crippen LogP contribution is 2.27. The Morgan fingerprint density at radius 1 is 1.08 bits per heavy atom. The summed E-state index contributed by atoms with van der Waals surface area (Å²) < 4.78 is 5.36. The smallest absolute Gasteiger partial charge is 0.303 e. The topological polar surface area (TPSA) is 70.1 Å². The molecule has 2 N–H and O–H groups in total. The van der Waals surface area contributed by atoms with E-state index in [0.29, 0.717) is 25.7 Å². The number of ether oxygens (including phenoxy) is 1. The molecule has 1 aliphatic heterocycles. The molecule has 24 heavy (non-hydrogen) atoms. The fraction of sp³-hybridized carbons (Fsp3) is 0.650. The van der Waals surface area contributed by atoms with E-state index in [4.69, 9.17) is 9.84 Å². The minimum atomic E-state index is -0.797. The molecular weight excluding hydrogens is 304 g/mol. The molecule has 0 bridgehead atoms. The molecule has 0 aromatic rings. The number of hydrogen-bond donors (Lipinski definition) is 2. The fourth-order valence-corrected chi connectivity index (χ4v) is 2.08. The van der Waals surface area contributed by atoms with Gasteiger partial charge in [-0.25, -0.2) is 0 Å². The molecule has 130 valence electrons. The van der Waals surface area contributed by atoms with Crippen molar-refractivity contribution in [1.82, 2.24) is 0 Å². The van der Waals surface area contributed by atoms with Crippen LogP contribution in [0.25, 0.3) is 0 Å². The molecule has 1 heterocycles. The van der Waals surface area contributed by atoms with Gasteiger partial charge in [0, 0.05) is 25.7 Å². The maximum absolute atomic E-state index is 10.3. The number of carboxylic acid groups (broad SMARTS) is 1. The second-order valence-corrected chi connectivity index (χ2v) is 5.70. The van der Waals surface area contributed by atoms with E-state index in [0.717, 1.165) is 12.8 Å². The van der Waals surface area contributed by atoms with Gasteiger partial charge in [-0.1, -0.05) is 37.5 Å². The van der Waals surface area contributed by atoms with E-state index >= 15 is 0 Å². The van der Waals surface area contributed by atoms with Crippen molar-refractivity contribution in [3.8, 4) is 35.5 Å². The molecule has 3 atom stereocenters. The summed E-state index contributed by atoms with van der Waals surface area (Å²) in [5.41, 5.74) is 0. The summed E-state index contributed by atoms with van der Waals surface area (Å²) in [5.74, 6) is 16.8. The Morgan fingerprint density at radius 2 is 1.83 bits per heavy atom. The molecule has 0 aliphatic carbocycles. The minimum Gasteiger partial charge on any atom is -0.481 e. The van der Waals surface area contributed by atoms with Crippen LogP contribution >= 0.6 is 0 Å². The predicted octanol–water partition coefficient (Wildman–Crippen LogP) is 2.74. The first kappa shape index (κ1) is 20.1. The van der Waals surface area contributed by atoms with Crippen molar-refractivity contribution < 1.29 is 19.7 Å². The zero-order valence-corrected chi connectivity index (χ0v) is 14.3. The molecule has 0 amide bonds. The lowest BCUT2D eigenvalue weighted by atomic mass is 10.1. The minimum absolute atomic E-state index is 0.0681. The molecule has 4 nitrogen and oxygen atoms in total. The molecule has 0 aromatic heterocycles. The molecule has 1 rings (SSSR count). The third-order valence-corrected chi connectivity index (χ3v) is 3.51. The maximum Gasteiger partial charge on any atom is 0.303 e. The van der Waals surface area contributed by atoms with Gasteiger partial charge in [0.25, 0.3) is 0 Å². The van der Waals surface area contributed by atoms with Crippen molar-refractivity contribution in [3.05, 3.63) is 0 Å². The first-order valence-electron chi connectivity index (χ1n) is 8.60. The molecule has 0 unspecified atom stereocenters. The summed E-state index contributed by atoms with van der Waals surface area (Å²) in [6.07, 6.45) is 5.64. The van der Waals surface area contributed by atoms with E-state index in [1.807, 2.05) is 0 Å². The van der Waals surface area contributed by atoms with Crippen LogP contribution in [-0.4, -0.2) is 34.5 Å². The lowest BCUT2D eigenvalue weighted by Gasteiger charge is -1.94. The van der Waals surface area contributed by atoms with E-state index in [9.17, 15) is 9.90 Å².